The third-order valence-corrected chi connectivity index (χ3v) is 3.97. The Bertz CT molecular complexity index is 389. The summed E-state index contributed by atoms with van der Waals surface area (Å²) in [5, 5.41) is 2.71. The molecule has 0 unspecified atom stereocenters. The molecule has 0 radical (unpaired) electrons. The van der Waals surface area contributed by atoms with E-state index >= 15 is 0 Å². The van der Waals surface area contributed by atoms with Crippen LogP contribution in [-0.2, 0) is 23.9 Å². The van der Waals surface area contributed by atoms with Crippen LogP contribution in [-0.4, -0.2) is 43.5 Å². The van der Waals surface area contributed by atoms with Crippen LogP contribution in [0.3, 0.4) is 0 Å². The van der Waals surface area contributed by atoms with Gasteiger partial charge in [-0.05, 0) is 31.6 Å². The van der Waals surface area contributed by atoms with E-state index in [0.717, 1.165) is 19.3 Å². The minimum Gasteiger partial charge on any atom is -0.467 e. The Morgan fingerprint density at radius 2 is 2.15 bits per heavy atom. The fraction of sp³-hybridized carbons (Fsp3) is 0.786. The Morgan fingerprint density at radius 1 is 1.35 bits per heavy atom. The molecule has 1 saturated carbocycles. The van der Waals surface area contributed by atoms with Crippen molar-refractivity contribution in [1.29, 1.82) is 0 Å². The second-order valence-electron chi connectivity index (χ2n) is 5.41. The smallest absolute Gasteiger partial charge is 0.328 e. The number of amides is 1. The number of nitrogens with one attached hydrogen (secondary N) is 1. The molecular weight excluding hydrogens is 262 g/mol. The molecule has 0 aromatic rings. The van der Waals surface area contributed by atoms with E-state index in [0.29, 0.717) is 25.9 Å². The molecule has 1 amide bonds. The summed E-state index contributed by atoms with van der Waals surface area (Å²) in [6.45, 7) is 0.572. The summed E-state index contributed by atoms with van der Waals surface area (Å²) in [5.41, 5.74) is 0. The SMILES string of the molecule is COC(=O)[C@H](NC(=O)[C@@H]1CCCO1)[C@H]1CCCC(=O)C1. The van der Waals surface area contributed by atoms with Gasteiger partial charge in [0.25, 0.3) is 0 Å². The molecule has 0 aromatic carbocycles. The van der Waals surface area contributed by atoms with Crippen LogP contribution >= 0.6 is 0 Å². The molecule has 20 heavy (non-hydrogen) atoms. The second kappa shape index (κ2) is 6.83. The first-order valence-electron chi connectivity index (χ1n) is 7.13. The second-order valence-corrected chi connectivity index (χ2v) is 5.41. The Kier molecular flexibility index (Phi) is 5.11. The van der Waals surface area contributed by atoms with Crippen LogP contribution in [0.5, 0.6) is 0 Å². The van der Waals surface area contributed by atoms with Gasteiger partial charge in [-0.3, -0.25) is 9.59 Å². The van der Waals surface area contributed by atoms with Crippen molar-refractivity contribution >= 4 is 17.7 Å². The van der Waals surface area contributed by atoms with E-state index in [1.165, 1.54) is 7.11 Å². The molecule has 1 saturated heterocycles. The number of hydrogen-bond acceptors (Lipinski definition) is 5. The number of carbonyl (C=O) groups is 3. The summed E-state index contributed by atoms with van der Waals surface area (Å²) in [6.07, 6.45) is 3.42. The standard InChI is InChI=1S/C14H21NO5/c1-19-14(18)12(9-4-2-5-10(16)8-9)15-13(17)11-6-3-7-20-11/h9,11-12H,2-8H2,1H3,(H,15,17)/t9-,11-,12+/m0/s1. The topological polar surface area (TPSA) is 81.7 Å². The molecule has 1 N–H and O–H groups in total. The predicted octanol–water partition coefficient (Wildman–Crippen LogP) is 0.582. The lowest BCUT2D eigenvalue weighted by atomic mass is 9.83. The van der Waals surface area contributed by atoms with Crippen molar-refractivity contribution in [3.8, 4) is 0 Å². The van der Waals surface area contributed by atoms with Gasteiger partial charge in [-0.2, -0.15) is 0 Å². The maximum Gasteiger partial charge on any atom is 0.328 e. The lowest BCUT2D eigenvalue weighted by Gasteiger charge is -2.29. The normalized spacial score (nSPS) is 27.9. The molecule has 1 aliphatic carbocycles. The summed E-state index contributed by atoms with van der Waals surface area (Å²) in [5.74, 6) is -0.803. The van der Waals surface area contributed by atoms with E-state index < -0.39 is 18.1 Å². The van der Waals surface area contributed by atoms with Gasteiger partial charge in [0.1, 0.15) is 17.9 Å². The maximum absolute atomic E-state index is 12.1. The molecule has 2 aliphatic rings. The largest absolute Gasteiger partial charge is 0.467 e. The number of hydrogen-bond donors (Lipinski definition) is 1. The van der Waals surface area contributed by atoms with Gasteiger partial charge < -0.3 is 14.8 Å². The zero-order valence-electron chi connectivity index (χ0n) is 11.7. The van der Waals surface area contributed by atoms with Crippen molar-refractivity contribution in [2.75, 3.05) is 13.7 Å². The molecule has 6 heteroatoms. The van der Waals surface area contributed by atoms with Gasteiger partial charge in [0, 0.05) is 19.4 Å². The fourth-order valence-electron chi connectivity index (χ4n) is 2.87. The maximum atomic E-state index is 12.1. The third kappa shape index (κ3) is 3.56. The summed E-state index contributed by atoms with van der Waals surface area (Å²) in [4.78, 5) is 35.5. The Balaban J connectivity index is 2.01. The van der Waals surface area contributed by atoms with Crippen LogP contribution in [0.15, 0.2) is 0 Å². The fourth-order valence-corrected chi connectivity index (χ4v) is 2.87. The van der Waals surface area contributed by atoms with E-state index in [4.69, 9.17) is 9.47 Å². The average molecular weight is 283 g/mol. The van der Waals surface area contributed by atoms with Crippen molar-refractivity contribution < 1.29 is 23.9 Å². The van der Waals surface area contributed by atoms with E-state index in [-0.39, 0.29) is 17.6 Å². The highest BCUT2D eigenvalue weighted by molar-refractivity contribution is 5.88. The Morgan fingerprint density at radius 3 is 2.75 bits per heavy atom. The molecule has 0 aromatic heterocycles. The van der Waals surface area contributed by atoms with Crippen molar-refractivity contribution in [3.63, 3.8) is 0 Å². The first-order valence-corrected chi connectivity index (χ1v) is 7.13. The van der Waals surface area contributed by atoms with Crippen LogP contribution in [0.25, 0.3) is 0 Å². The number of ether oxygens (including phenoxy) is 2. The lowest BCUT2D eigenvalue weighted by Crippen LogP contribution is -2.50. The highest BCUT2D eigenvalue weighted by Gasteiger charge is 2.36. The first kappa shape index (κ1) is 15.0. The summed E-state index contributed by atoms with van der Waals surface area (Å²) < 4.78 is 10.1. The van der Waals surface area contributed by atoms with Gasteiger partial charge >= 0.3 is 5.97 Å². The molecule has 0 spiro atoms. The predicted molar refractivity (Wildman–Crippen MR) is 69.9 cm³/mol. The van der Waals surface area contributed by atoms with Crippen LogP contribution in [0, 0.1) is 5.92 Å². The Labute approximate surface area is 118 Å². The highest BCUT2D eigenvalue weighted by Crippen LogP contribution is 2.25. The van der Waals surface area contributed by atoms with Crippen molar-refractivity contribution in [1.82, 2.24) is 5.32 Å². The van der Waals surface area contributed by atoms with Gasteiger partial charge in [-0.1, -0.05) is 0 Å². The summed E-state index contributed by atoms with van der Waals surface area (Å²) in [7, 11) is 1.29. The Hall–Kier alpha value is -1.43. The van der Waals surface area contributed by atoms with Crippen molar-refractivity contribution in [2.24, 2.45) is 5.92 Å². The number of Topliss-reactive ketones (excluding diaryl/α,β-unsaturated/α-hetero) is 1. The van der Waals surface area contributed by atoms with Crippen LogP contribution in [0.4, 0.5) is 0 Å². The van der Waals surface area contributed by atoms with Crippen molar-refractivity contribution in [3.05, 3.63) is 0 Å². The van der Waals surface area contributed by atoms with E-state index in [2.05, 4.69) is 5.32 Å². The number of carbonyl (C=O) groups excluding carboxylic acids is 3. The number of ketones is 1. The molecular formula is C14H21NO5. The number of esters is 1. The molecule has 1 aliphatic heterocycles. The summed E-state index contributed by atoms with van der Waals surface area (Å²) in [6, 6.07) is -0.749. The van der Waals surface area contributed by atoms with Crippen molar-refractivity contribution in [2.45, 2.75) is 50.7 Å². The molecule has 1 heterocycles. The van der Waals surface area contributed by atoms with Gasteiger partial charge in [-0.25, -0.2) is 4.79 Å². The van der Waals surface area contributed by atoms with Gasteiger partial charge in [0.05, 0.1) is 7.11 Å². The number of rotatable bonds is 4. The minimum absolute atomic E-state index is 0.140. The number of methoxy groups -OCH3 is 1. The zero-order chi connectivity index (χ0) is 14.5. The van der Waals surface area contributed by atoms with E-state index in [1.54, 1.807) is 0 Å². The average Bonchev–Trinajstić information content (AvgIpc) is 2.98. The molecule has 2 fully saturated rings. The molecule has 6 nitrogen and oxygen atoms in total. The third-order valence-electron chi connectivity index (χ3n) is 3.97. The first-order chi connectivity index (χ1) is 9.61. The molecule has 112 valence electrons. The molecule has 2 rings (SSSR count). The van der Waals surface area contributed by atoms with Crippen LogP contribution in [0.1, 0.15) is 38.5 Å². The molecule has 3 atom stereocenters. The lowest BCUT2D eigenvalue weighted by molar-refractivity contribution is -0.149. The minimum atomic E-state index is -0.749. The van der Waals surface area contributed by atoms with Gasteiger partial charge in [0.2, 0.25) is 5.91 Å². The van der Waals surface area contributed by atoms with Crippen LogP contribution in [0.2, 0.25) is 0 Å². The monoisotopic (exact) mass is 283 g/mol. The van der Waals surface area contributed by atoms with E-state index in [9.17, 15) is 14.4 Å². The zero-order valence-corrected chi connectivity index (χ0v) is 11.7. The van der Waals surface area contributed by atoms with E-state index in [1.807, 2.05) is 0 Å². The summed E-state index contributed by atoms with van der Waals surface area (Å²) >= 11 is 0. The highest BCUT2D eigenvalue weighted by atomic mass is 16.5. The quantitative estimate of drug-likeness (QED) is 0.763. The van der Waals surface area contributed by atoms with Crippen LogP contribution < -0.4 is 5.32 Å². The molecule has 0 bridgehead atoms. The van der Waals surface area contributed by atoms with Gasteiger partial charge in [-0.15, -0.1) is 0 Å². The van der Waals surface area contributed by atoms with Gasteiger partial charge in [0.15, 0.2) is 0 Å².